The molecule has 0 radical (unpaired) electrons. The summed E-state index contributed by atoms with van der Waals surface area (Å²) in [4.78, 5) is 2.59. The van der Waals surface area contributed by atoms with E-state index in [1.54, 1.807) is 0 Å². The molecule has 0 aliphatic heterocycles. The Morgan fingerprint density at radius 2 is 1.37 bits per heavy atom. The largest absolute Gasteiger partial charge is 0.379 e. The van der Waals surface area contributed by atoms with Crippen LogP contribution >= 0.6 is 0 Å². The maximum Gasteiger partial charge on any atom is 0.379 e. The quantitative estimate of drug-likeness (QED) is 0.627. The molecule has 0 spiro atoms. The molecule has 0 bridgehead atoms. The molecule has 0 saturated heterocycles. The fraction of sp³-hybridized carbons (Fsp3) is 1.00. The lowest BCUT2D eigenvalue weighted by Gasteiger charge is -2.28. The molecule has 6 heteroatoms. The van der Waals surface area contributed by atoms with Crippen molar-refractivity contribution in [2.75, 3.05) is 13.1 Å². The molecule has 0 aliphatic rings. The molecule has 0 fully saturated rings. The van der Waals surface area contributed by atoms with E-state index in [0.29, 0.717) is 0 Å². The van der Waals surface area contributed by atoms with E-state index in [0.717, 1.165) is 6.04 Å². The van der Waals surface area contributed by atoms with Gasteiger partial charge >= 0.3 is 6.68 Å². The number of nitrogens with one attached hydrogen (secondary N) is 1. The highest BCUT2D eigenvalue weighted by molar-refractivity contribution is 7.45. The van der Waals surface area contributed by atoms with Gasteiger partial charge in [0.15, 0.2) is 0 Å². The second-order valence-corrected chi connectivity index (χ2v) is 4.03. The summed E-state index contributed by atoms with van der Waals surface area (Å²) in [5.74, 6) is 0. The van der Waals surface area contributed by atoms with Crippen molar-refractivity contribution in [3.05, 3.63) is 0 Å². The lowest BCUT2D eigenvalue weighted by Crippen LogP contribution is -2.34. The van der Waals surface area contributed by atoms with Crippen LogP contribution in [0.3, 0.4) is 0 Å². The molecule has 0 amide bonds. The molecule has 2 nitrogen and oxygen atoms in total. The Labute approximate surface area is 121 Å². The summed E-state index contributed by atoms with van der Waals surface area (Å²) in [5.41, 5.74) is 0. The zero-order chi connectivity index (χ0) is 15.7. The maximum absolute atomic E-state index is 9.67. The normalized spacial score (nSPS) is 11.4. The van der Waals surface area contributed by atoms with Crippen molar-refractivity contribution in [3.63, 3.8) is 0 Å². The predicted molar refractivity (Wildman–Crippen MR) is 78.3 cm³/mol. The smallest absolute Gasteiger partial charge is 0.301 e. The third kappa shape index (κ3) is 20.3. The fourth-order valence-electron chi connectivity index (χ4n) is 2.01. The number of hydrogen-bond donors (Lipinski definition) is 1. The molecule has 1 unspecified atom stereocenters. The second-order valence-electron chi connectivity index (χ2n) is 4.03. The van der Waals surface area contributed by atoms with Gasteiger partial charge in [-0.3, -0.25) is 0 Å². The highest BCUT2D eigenvalue weighted by Gasteiger charge is 2.11. The lowest BCUT2D eigenvalue weighted by atomic mass is 10.0. The van der Waals surface area contributed by atoms with Crippen LogP contribution in [0.25, 0.3) is 0 Å². The summed E-state index contributed by atoms with van der Waals surface area (Å²) in [5, 5.41) is 0. The molecule has 0 aliphatic carbocycles. The van der Waals surface area contributed by atoms with E-state index in [1.165, 1.54) is 45.2 Å². The van der Waals surface area contributed by atoms with Crippen LogP contribution in [0.2, 0.25) is 0 Å². The van der Waals surface area contributed by atoms with Crippen LogP contribution in [0.15, 0.2) is 0 Å². The van der Waals surface area contributed by atoms with Gasteiger partial charge in [0.05, 0.1) is 0 Å². The minimum absolute atomic E-state index is 0.835. The van der Waals surface area contributed by atoms with Crippen molar-refractivity contribution in [3.8, 4) is 0 Å². The summed E-state index contributed by atoms with van der Waals surface area (Å²) in [6.45, 7) is 7.88. The maximum atomic E-state index is 9.67. The van der Waals surface area contributed by atoms with Crippen LogP contribution in [0.1, 0.15) is 59.8 Å². The molecule has 0 heterocycles. The first-order valence-electron chi connectivity index (χ1n) is 6.89. The standard InChI is InChI=1S/C12H27N.CHF3.HNS/c1-5-9-10-11-12(6-2)13(7-3)8-4;2-1(3)4;1-2/h12H,5-11H2,1-4H3;1H;1H. The number of nitrogens with zero attached hydrogens (tertiary/aromatic N) is 1. The SMILES string of the molecule is CCCCCC(CC)N(CC)CC.FC(F)F.N=S. The molecular weight excluding hydrogens is 273 g/mol. The summed E-state index contributed by atoms with van der Waals surface area (Å²) in [7, 11) is 0. The molecule has 0 aromatic heterocycles. The topological polar surface area (TPSA) is 27.1 Å². The zero-order valence-electron chi connectivity index (χ0n) is 12.6. The highest BCUT2D eigenvalue weighted by atomic mass is 32.1. The van der Waals surface area contributed by atoms with Crippen LogP contribution in [-0.4, -0.2) is 30.7 Å². The van der Waals surface area contributed by atoms with Crippen LogP contribution in [0.4, 0.5) is 13.2 Å². The van der Waals surface area contributed by atoms with Crippen LogP contribution in [-0.2, 0) is 12.4 Å². The van der Waals surface area contributed by atoms with E-state index in [2.05, 4.69) is 45.0 Å². The predicted octanol–water partition coefficient (Wildman–Crippen LogP) is 5.16. The van der Waals surface area contributed by atoms with Gasteiger partial charge in [-0.25, -0.2) is 4.78 Å². The fourth-order valence-corrected chi connectivity index (χ4v) is 2.01. The van der Waals surface area contributed by atoms with Crippen molar-refractivity contribution < 1.29 is 13.2 Å². The van der Waals surface area contributed by atoms with Crippen LogP contribution < -0.4 is 0 Å². The van der Waals surface area contributed by atoms with Gasteiger partial charge in [0.1, 0.15) is 0 Å². The monoisotopic (exact) mass is 302 g/mol. The second kappa shape index (κ2) is 20.1. The molecule has 1 atom stereocenters. The van der Waals surface area contributed by atoms with Gasteiger partial charge in [0, 0.05) is 18.5 Å². The number of halogens is 3. The van der Waals surface area contributed by atoms with Crippen LogP contribution in [0, 0.1) is 4.78 Å². The van der Waals surface area contributed by atoms with E-state index >= 15 is 0 Å². The first kappa shape index (κ1) is 23.8. The van der Waals surface area contributed by atoms with Gasteiger partial charge in [-0.15, -0.1) is 0 Å². The summed E-state index contributed by atoms with van der Waals surface area (Å²) in [6, 6.07) is 0.835. The number of hydrogen-bond acceptors (Lipinski definition) is 3. The van der Waals surface area contributed by atoms with E-state index in [1.807, 2.05) is 0 Å². The number of rotatable bonds is 8. The molecule has 1 N–H and O–H groups in total. The van der Waals surface area contributed by atoms with Gasteiger partial charge in [-0.1, -0.05) is 47.0 Å². The summed E-state index contributed by atoms with van der Waals surface area (Å²) >= 11 is 3.33. The average molecular weight is 302 g/mol. The van der Waals surface area contributed by atoms with Crippen LogP contribution in [0.5, 0.6) is 0 Å². The minimum atomic E-state index is -3.67. The molecule has 0 aromatic rings. The Morgan fingerprint density at radius 3 is 1.63 bits per heavy atom. The Kier molecular flexibility index (Phi) is 25.2. The molecule has 0 saturated carbocycles. The average Bonchev–Trinajstić information content (AvgIpc) is 2.40. The summed E-state index contributed by atoms with van der Waals surface area (Å²) < 4.78 is 34.3. The third-order valence-electron chi connectivity index (χ3n) is 2.94. The third-order valence-corrected chi connectivity index (χ3v) is 2.94. The number of alkyl halides is 3. The van der Waals surface area contributed by atoms with Crippen molar-refractivity contribution >= 4 is 12.4 Å². The lowest BCUT2D eigenvalue weighted by molar-refractivity contribution is 0.00819. The van der Waals surface area contributed by atoms with Crippen molar-refractivity contribution in [2.45, 2.75) is 72.5 Å². The van der Waals surface area contributed by atoms with E-state index < -0.39 is 6.68 Å². The Morgan fingerprint density at radius 1 is 0.947 bits per heavy atom. The Bertz CT molecular complexity index is 156. The summed E-state index contributed by atoms with van der Waals surface area (Å²) in [6.07, 6.45) is 6.86. The van der Waals surface area contributed by atoms with Gasteiger partial charge in [-0.2, -0.15) is 13.2 Å². The Hall–Kier alpha value is -0.230. The van der Waals surface area contributed by atoms with E-state index in [9.17, 15) is 13.2 Å². The first-order chi connectivity index (χ1) is 9.03. The molecule has 118 valence electrons. The highest BCUT2D eigenvalue weighted by Crippen LogP contribution is 2.12. The van der Waals surface area contributed by atoms with Gasteiger partial charge in [-0.05, 0) is 25.9 Å². The Balaban J connectivity index is -0.000000361. The van der Waals surface area contributed by atoms with E-state index in [-0.39, 0.29) is 0 Å². The minimum Gasteiger partial charge on any atom is -0.301 e. The molecule has 19 heavy (non-hydrogen) atoms. The zero-order valence-corrected chi connectivity index (χ0v) is 13.4. The van der Waals surface area contributed by atoms with Crippen molar-refractivity contribution in [2.24, 2.45) is 0 Å². The molecule has 0 rings (SSSR count). The van der Waals surface area contributed by atoms with Crippen molar-refractivity contribution in [1.29, 1.82) is 4.78 Å². The van der Waals surface area contributed by atoms with Gasteiger partial charge in [0.25, 0.3) is 0 Å². The van der Waals surface area contributed by atoms with Gasteiger partial charge < -0.3 is 4.90 Å². The van der Waals surface area contributed by atoms with E-state index in [4.69, 9.17) is 4.78 Å². The van der Waals surface area contributed by atoms with Crippen molar-refractivity contribution in [1.82, 2.24) is 4.90 Å². The first-order valence-corrected chi connectivity index (χ1v) is 7.30. The molecule has 0 aromatic carbocycles. The number of unbranched alkanes of at least 4 members (excludes halogenated alkanes) is 2. The van der Waals surface area contributed by atoms with Gasteiger partial charge in [0.2, 0.25) is 0 Å². The molecular formula is C13H29F3N2S.